The van der Waals surface area contributed by atoms with E-state index < -0.39 is 0 Å². The maximum absolute atomic E-state index is 13.8. The fourth-order valence-corrected chi connectivity index (χ4v) is 2.82. The second-order valence-corrected chi connectivity index (χ2v) is 5.79. The molecule has 0 aliphatic heterocycles. The average molecular weight is 352 g/mol. The van der Waals surface area contributed by atoms with E-state index in [0.717, 1.165) is 17.7 Å². The lowest BCUT2D eigenvalue weighted by atomic mass is 10.2. The fraction of sp³-hybridized carbons (Fsp3) is 0.286. The van der Waals surface area contributed by atoms with Crippen molar-refractivity contribution in [3.05, 3.63) is 39.9 Å². The summed E-state index contributed by atoms with van der Waals surface area (Å²) in [6, 6.07) is 3.09. The molecule has 110 valence electrons. The lowest BCUT2D eigenvalue weighted by Gasteiger charge is -2.06. The predicted molar refractivity (Wildman–Crippen MR) is 83.5 cm³/mol. The van der Waals surface area contributed by atoms with Gasteiger partial charge in [0.15, 0.2) is 0 Å². The second-order valence-electron chi connectivity index (χ2n) is 4.94. The van der Waals surface area contributed by atoms with Crippen molar-refractivity contribution in [1.82, 2.24) is 19.3 Å². The molecule has 2 N–H and O–H groups in total. The molecule has 2 heterocycles. The Kier molecular flexibility index (Phi) is 3.44. The third-order valence-corrected chi connectivity index (χ3v) is 4.08. The molecule has 3 rings (SSSR count). The van der Waals surface area contributed by atoms with Crippen LogP contribution in [0, 0.1) is 5.82 Å². The van der Waals surface area contributed by atoms with Crippen LogP contribution in [0.1, 0.15) is 18.2 Å². The van der Waals surface area contributed by atoms with Crippen molar-refractivity contribution >= 4 is 32.9 Å². The van der Waals surface area contributed by atoms with Crippen LogP contribution in [0.15, 0.2) is 22.8 Å². The van der Waals surface area contributed by atoms with Crippen molar-refractivity contribution in [2.24, 2.45) is 7.05 Å². The van der Waals surface area contributed by atoms with Gasteiger partial charge in [0.05, 0.1) is 27.7 Å². The monoisotopic (exact) mass is 351 g/mol. The number of imidazole rings is 1. The summed E-state index contributed by atoms with van der Waals surface area (Å²) in [5.74, 6) is 0.0407. The first-order chi connectivity index (χ1) is 9.99. The molecule has 0 aliphatic rings. The summed E-state index contributed by atoms with van der Waals surface area (Å²) < 4.78 is 17.8. The normalized spacial score (nSPS) is 11.4. The number of benzene rings is 1. The van der Waals surface area contributed by atoms with Crippen molar-refractivity contribution in [3.8, 4) is 0 Å². The molecule has 0 aliphatic carbocycles. The van der Waals surface area contributed by atoms with E-state index in [2.05, 4.69) is 32.9 Å². The molecule has 0 radical (unpaired) electrons. The molecule has 0 saturated heterocycles. The van der Waals surface area contributed by atoms with E-state index in [1.165, 1.54) is 6.07 Å². The van der Waals surface area contributed by atoms with Crippen LogP contribution in [0.4, 0.5) is 10.3 Å². The standard InChI is InChI=1S/C14H15BrFN5/c1-3-11-8(6-20(2)19-11)7-21-13-5-10(16)9(15)4-12(13)18-14(21)17/h4-6H,3,7H2,1-2H3,(H2,17,18). The Morgan fingerprint density at radius 2 is 2.14 bits per heavy atom. The van der Waals surface area contributed by atoms with E-state index in [1.807, 2.05) is 13.2 Å². The number of fused-ring (bicyclic) bond motifs is 1. The fourth-order valence-electron chi connectivity index (χ4n) is 2.49. The molecule has 3 aromatic rings. The Balaban J connectivity index is 2.11. The third kappa shape index (κ3) is 2.42. The number of hydrogen-bond acceptors (Lipinski definition) is 3. The highest BCUT2D eigenvalue weighted by atomic mass is 79.9. The number of hydrogen-bond donors (Lipinski definition) is 1. The molecule has 0 saturated carbocycles. The minimum Gasteiger partial charge on any atom is -0.369 e. The Hall–Kier alpha value is -1.89. The molecule has 1 aromatic carbocycles. The highest BCUT2D eigenvalue weighted by molar-refractivity contribution is 9.10. The zero-order valence-electron chi connectivity index (χ0n) is 11.8. The average Bonchev–Trinajstić information content (AvgIpc) is 2.93. The highest BCUT2D eigenvalue weighted by Crippen LogP contribution is 2.26. The summed E-state index contributed by atoms with van der Waals surface area (Å²) in [4.78, 5) is 4.29. The molecule has 0 atom stereocenters. The maximum atomic E-state index is 13.8. The smallest absolute Gasteiger partial charge is 0.201 e. The first kappa shape index (κ1) is 14.1. The van der Waals surface area contributed by atoms with Gasteiger partial charge < -0.3 is 10.3 Å². The van der Waals surface area contributed by atoms with Crippen molar-refractivity contribution in [2.45, 2.75) is 19.9 Å². The van der Waals surface area contributed by atoms with Gasteiger partial charge in [-0.05, 0) is 28.4 Å². The zero-order chi connectivity index (χ0) is 15.1. The van der Waals surface area contributed by atoms with Gasteiger partial charge in [-0.3, -0.25) is 4.68 Å². The first-order valence-electron chi connectivity index (χ1n) is 6.61. The van der Waals surface area contributed by atoms with Crippen molar-refractivity contribution in [1.29, 1.82) is 0 Å². The summed E-state index contributed by atoms with van der Waals surface area (Å²) in [5, 5.41) is 4.41. The molecular weight excluding hydrogens is 337 g/mol. The van der Waals surface area contributed by atoms with E-state index in [4.69, 9.17) is 5.73 Å². The van der Waals surface area contributed by atoms with E-state index in [-0.39, 0.29) is 5.82 Å². The van der Waals surface area contributed by atoms with Crippen LogP contribution in [0.2, 0.25) is 0 Å². The van der Waals surface area contributed by atoms with Gasteiger partial charge in [-0.1, -0.05) is 6.92 Å². The van der Waals surface area contributed by atoms with E-state index in [0.29, 0.717) is 28.0 Å². The van der Waals surface area contributed by atoms with Crippen molar-refractivity contribution in [2.75, 3.05) is 5.73 Å². The lowest BCUT2D eigenvalue weighted by molar-refractivity contribution is 0.622. The van der Waals surface area contributed by atoms with Gasteiger partial charge in [0.2, 0.25) is 5.95 Å². The van der Waals surface area contributed by atoms with E-state index in [1.54, 1.807) is 15.3 Å². The van der Waals surface area contributed by atoms with Crippen molar-refractivity contribution < 1.29 is 4.39 Å². The van der Waals surface area contributed by atoms with Gasteiger partial charge in [-0.25, -0.2) is 9.37 Å². The Labute approximate surface area is 129 Å². The summed E-state index contributed by atoms with van der Waals surface area (Å²) >= 11 is 3.16. The van der Waals surface area contributed by atoms with Crippen LogP contribution in [-0.2, 0) is 20.0 Å². The van der Waals surface area contributed by atoms with E-state index in [9.17, 15) is 4.39 Å². The predicted octanol–water partition coefficient (Wildman–Crippen LogP) is 2.86. The molecule has 0 spiro atoms. The number of nitrogens with two attached hydrogens (primary N) is 1. The van der Waals surface area contributed by atoms with Gasteiger partial charge in [0.1, 0.15) is 5.82 Å². The molecule has 2 aromatic heterocycles. The van der Waals surface area contributed by atoms with Crippen LogP contribution in [0.5, 0.6) is 0 Å². The van der Waals surface area contributed by atoms with Gasteiger partial charge in [0.25, 0.3) is 0 Å². The number of anilines is 1. The van der Waals surface area contributed by atoms with Gasteiger partial charge in [-0.2, -0.15) is 5.10 Å². The summed E-state index contributed by atoms with van der Waals surface area (Å²) in [5.41, 5.74) is 9.41. The second kappa shape index (κ2) is 5.14. The van der Waals surface area contributed by atoms with Crippen LogP contribution >= 0.6 is 15.9 Å². The number of aromatic nitrogens is 4. The molecule has 0 bridgehead atoms. The van der Waals surface area contributed by atoms with Gasteiger partial charge in [-0.15, -0.1) is 0 Å². The largest absolute Gasteiger partial charge is 0.369 e. The Morgan fingerprint density at radius 1 is 1.38 bits per heavy atom. The SMILES string of the molecule is CCc1nn(C)cc1Cn1c(N)nc2cc(Br)c(F)cc21. The Bertz CT molecular complexity index is 820. The van der Waals surface area contributed by atoms with E-state index >= 15 is 0 Å². The summed E-state index contributed by atoms with van der Waals surface area (Å²) in [6.45, 7) is 2.58. The molecule has 21 heavy (non-hydrogen) atoms. The summed E-state index contributed by atoms with van der Waals surface area (Å²) in [6.07, 6.45) is 2.79. The number of rotatable bonds is 3. The minimum absolute atomic E-state index is 0.328. The highest BCUT2D eigenvalue weighted by Gasteiger charge is 2.14. The quantitative estimate of drug-likeness (QED) is 0.789. The molecule has 0 unspecified atom stereocenters. The van der Waals surface area contributed by atoms with Crippen molar-refractivity contribution in [3.63, 3.8) is 0 Å². The van der Waals surface area contributed by atoms with Gasteiger partial charge in [0, 0.05) is 24.9 Å². The van der Waals surface area contributed by atoms with Crippen LogP contribution in [0.25, 0.3) is 11.0 Å². The van der Waals surface area contributed by atoms with Crippen LogP contribution in [-0.4, -0.2) is 19.3 Å². The Morgan fingerprint density at radius 3 is 2.86 bits per heavy atom. The first-order valence-corrected chi connectivity index (χ1v) is 7.41. The van der Waals surface area contributed by atoms with Crippen LogP contribution in [0.3, 0.4) is 0 Å². The number of halogens is 2. The topological polar surface area (TPSA) is 61.7 Å². The summed E-state index contributed by atoms with van der Waals surface area (Å²) in [7, 11) is 1.88. The number of nitrogen functional groups attached to an aromatic ring is 1. The number of aryl methyl sites for hydroxylation is 2. The lowest BCUT2D eigenvalue weighted by Crippen LogP contribution is -2.05. The van der Waals surface area contributed by atoms with Gasteiger partial charge >= 0.3 is 0 Å². The zero-order valence-corrected chi connectivity index (χ0v) is 13.4. The third-order valence-electron chi connectivity index (χ3n) is 3.47. The molecule has 5 nitrogen and oxygen atoms in total. The molecule has 0 fully saturated rings. The van der Waals surface area contributed by atoms with Crippen LogP contribution < -0.4 is 5.73 Å². The molecule has 7 heteroatoms. The minimum atomic E-state index is -0.328. The number of nitrogens with zero attached hydrogens (tertiary/aromatic N) is 4. The maximum Gasteiger partial charge on any atom is 0.201 e. The molecular formula is C14H15BrFN5. The molecule has 0 amide bonds.